The lowest BCUT2D eigenvalue weighted by Gasteiger charge is -2.26. The predicted octanol–water partition coefficient (Wildman–Crippen LogP) is 12.8. The monoisotopic (exact) mass is 618 g/mol. The van der Waals surface area contributed by atoms with Gasteiger partial charge in [0.2, 0.25) is 0 Å². The van der Waals surface area contributed by atoms with Crippen molar-refractivity contribution in [3.63, 3.8) is 0 Å². The van der Waals surface area contributed by atoms with Crippen LogP contribution in [0.3, 0.4) is 0 Å². The SMILES string of the molecule is c1ccc(-c2ccc(N(c3ccccc3)c3ccc(-c4ccc(-n5c6ccccc6c6sc7ccccc7c65)cc4)cc3)cc2)cc1. The quantitative estimate of drug-likeness (QED) is 0.180. The Morgan fingerprint density at radius 1 is 0.383 bits per heavy atom. The summed E-state index contributed by atoms with van der Waals surface area (Å²) in [6.07, 6.45) is 0. The fourth-order valence-corrected chi connectivity index (χ4v) is 7.97. The third-order valence-corrected chi connectivity index (χ3v) is 10.2. The van der Waals surface area contributed by atoms with Gasteiger partial charge < -0.3 is 9.47 Å². The van der Waals surface area contributed by atoms with Crippen molar-refractivity contribution >= 4 is 59.6 Å². The lowest BCUT2D eigenvalue weighted by atomic mass is 10.0. The van der Waals surface area contributed by atoms with Crippen molar-refractivity contribution in [3.8, 4) is 27.9 Å². The lowest BCUT2D eigenvalue weighted by Crippen LogP contribution is -2.09. The second kappa shape index (κ2) is 11.5. The van der Waals surface area contributed by atoms with Crippen LogP contribution in [0.2, 0.25) is 0 Å². The van der Waals surface area contributed by atoms with Crippen molar-refractivity contribution in [2.75, 3.05) is 4.90 Å². The fourth-order valence-electron chi connectivity index (χ4n) is 6.75. The number of thiophene rings is 1. The second-order valence-electron chi connectivity index (χ2n) is 11.8. The maximum atomic E-state index is 2.43. The average Bonchev–Trinajstić information content (AvgIpc) is 3.68. The van der Waals surface area contributed by atoms with E-state index in [9.17, 15) is 0 Å². The summed E-state index contributed by atoms with van der Waals surface area (Å²) in [6.45, 7) is 0. The van der Waals surface area contributed by atoms with Gasteiger partial charge in [0.25, 0.3) is 0 Å². The van der Waals surface area contributed by atoms with Gasteiger partial charge in [-0.05, 0) is 82.9 Å². The summed E-state index contributed by atoms with van der Waals surface area (Å²) in [5, 5.41) is 2.61. The van der Waals surface area contributed by atoms with Crippen molar-refractivity contribution in [3.05, 3.63) is 182 Å². The van der Waals surface area contributed by atoms with Gasteiger partial charge in [-0.25, -0.2) is 0 Å². The maximum absolute atomic E-state index is 2.43. The van der Waals surface area contributed by atoms with Crippen molar-refractivity contribution in [1.82, 2.24) is 4.57 Å². The van der Waals surface area contributed by atoms with E-state index >= 15 is 0 Å². The zero-order valence-corrected chi connectivity index (χ0v) is 26.4. The van der Waals surface area contributed by atoms with Crippen LogP contribution in [0.5, 0.6) is 0 Å². The highest BCUT2D eigenvalue weighted by Crippen LogP contribution is 2.42. The molecule has 0 unspecified atom stereocenters. The van der Waals surface area contributed by atoms with Gasteiger partial charge >= 0.3 is 0 Å². The van der Waals surface area contributed by atoms with E-state index in [4.69, 9.17) is 0 Å². The van der Waals surface area contributed by atoms with Crippen molar-refractivity contribution in [2.45, 2.75) is 0 Å². The first kappa shape index (κ1) is 27.4. The van der Waals surface area contributed by atoms with Gasteiger partial charge in [-0.1, -0.05) is 121 Å². The Labute approximate surface area is 278 Å². The number of para-hydroxylation sites is 2. The molecule has 0 radical (unpaired) electrons. The minimum Gasteiger partial charge on any atom is -0.311 e. The van der Waals surface area contributed by atoms with Crippen molar-refractivity contribution < 1.29 is 0 Å². The summed E-state index contributed by atoms with van der Waals surface area (Å²) in [4.78, 5) is 2.31. The molecule has 7 aromatic carbocycles. The third-order valence-electron chi connectivity index (χ3n) is 9.01. The normalized spacial score (nSPS) is 11.4. The molecule has 0 aliphatic heterocycles. The molecule has 0 saturated carbocycles. The second-order valence-corrected chi connectivity index (χ2v) is 12.9. The molecule has 0 bridgehead atoms. The van der Waals surface area contributed by atoms with E-state index in [1.165, 1.54) is 59.1 Å². The molecule has 0 fully saturated rings. The van der Waals surface area contributed by atoms with Gasteiger partial charge in [-0.2, -0.15) is 0 Å². The van der Waals surface area contributed by atoms with Gasteiger partial charge in [-0.3, -0.25) is 0 Å². The van der Waals surface area contributed by atoms with Crippen LogP contribution in [-0.2, 0) is 0 Å². The van der Waals surface area contributed by atoms with E-state index in [1.807, 2.05) is 11.3 Å². The van der Waals surface area contributed by atoms with E-state index in [2.05, 4.69) is 191 Å². The molecule has 222 valence electrons. The van der Waals surface area contributed by atoms with Crippen LogP contribution in [-0.4, -0.2) is 4.57 Å². The van der Waals surface area contributed by atoms with E-state index < -0.39 is 0 Å². The first-order valence-corrected chi connectivity index (χ1v) is 16.8. The number of hydrogen-bond donors (Lipinski definition) is 0. The molecular formula is C44H30N2S. The standard InChI is InChI=1S/C44H30N2S/c1-3-11-31(12-4-1)32-19-25-36(26-20-32)45(35-13-5-2-6-14-35)37-27-21-33(22-28-37)34-23-29-38(30-24-34)46-41-17-9-7-15-39(41)44-43(46)40-16-8-10-18-42(40)47-44/h1-30H. The number of nitrogens with zero attached hydrogens (tertiary/aromatic N) is 2. The molecule has 9 aromatic rings. The van der Waals surface area contributed by atoms with Crippen LogP contribution in [0.15, 0.2) is 182 Å². The molecule has 2 aromatic heterocycles. The van der Waals surface area contributed by atoms with E-state index in [-0.39, 0.29) is 0 Å². The van der Waals surface area contributed by atoms with Crippen LogP contribution < -0.4 is 4.90 Å². The smallest absolute Gasteiger partial charge is 0.0727 e. The Morgan fingerprint density at radius 2 is 0.851 bits per heavy atom. The van der Waals surface area contributed by atoms with E-state index in [0.717, 1.165) is 17.1 Å². The molecule has 0 spiro atoms. The molecule has 0 aliphatic carbocycles. The zero-order valence-electron chi connectivity index (χ0n) is 25.6. The predicted molar refractivity (Wildman–Crippen MR) is 202 cm³/mol. The topological polar surface area (TPSA) is 8.17 Å². The van der Waals surface area contributed by atoms with Gasteiger partial charge in [-0.15, -0.1) is 11.3 Å². The van der Waals surface area contributed by atoms with Crippen LogP contribution in [0, 0.1) is 0 Å². The summed E-state index contributed by atoms with van der Waals surface area (Å²) >= 11 is 1.88. The Kier molecular flexibility index (Phi) is 6.69. The molecule has 47 heavy (non-hydrogen) atoms. The summed E-state index contributed by atoms with van der Waals surface area (Å²) in [6, 6.07) is 65.4. The van der Waals surface area contributed by atoms with Crippen LogP contribution in [0.25, 0.3) is 59.1 Å². The molecule has 0 aliphatic rings. The minimum absolute atomic E-state index is 1.12. The van der Waals surface area contributed by atoms with Crippen molar-refractivity contribution in [1.29, 1.82) is 0 Å². The van der Waals surface area contributed by atoms with Crippen molar-refractivity contribution in [2.24, 2.45) is 0 Å². The highest BCUT2D eigenvalue weighted by Gasteiger charge is 2.17. The molecule has 0 atom stereocenters. The van der Waals surface area contributed by atoms with Crippen LogP contribution >= 0.6 is 11.3 Å². The van der Waals surface area contributed by atoms with Gasteiger partial charge in [0.1, 0.15) is 0 Å². The lowest BCUT2D eigenvalue weighted by molar-refractivity contribution is 1.19. The zero-order chi connectivity index (χ0) is 31.2. The molecule has 0 N–H and O–H groups in total. The molecule has 0 saturated heterocycles. The largest absolute Gasteiger partial charge is 0.311 e. The number of aromatic nitrogens is 1. The Bertz CT molecular complexity index is 2470. The molecule has 2 heterocycles. The number of anilines is 3. The number of benzene rings is 7. The average molecular weight is 619 g/mol. The summed E-state index contributed by atoms with van der Waals surface area (Å²) in [7, 11) is 0. The minimum atomic E-state index is 1.12. The molecular weight excluding hydrogens is 589 g/mol. The third kappa shape index (κ3) is 4.80. The summed E-state index contributed by atoms with van der Waals surface area (Å²) in [5.74, 6) is 0. The highest BCUT2D eigenvalue weighted by atomic mass is 32.1. The molecule has 2 nitrogen and oxygen atoms in total. The van der Waals surface area contributed by atoms with E-state index in [1.54, 1.807) is 0 Å². The van der Waals surface area contributed by atoms with Crippen LogP contribution in [0.1, 0.15) is 0 Å². The highest BCUT2D eigenvalue weighted by molar-refractivity contribution is 7.26. The number of hydrogen-bond acceptors (Lipinski definition) is 2. The van der Waals surface area contributed by atoms with Gasteiger partial charge in [0, 0.05) is 38.2 Å². The van der Waals surface area contributed by atoms with Gasteiger partial charge in [0.05, 0.1) is 15.7 Å². The number of fused-ring (bicyclic) bond motifs is 5. The van der Waals surface area contributed by atoms with E-state index in [0.29, 0.717) is 0 Å². The summed E-state index contributed by atoms with van der Waals surface area (Å²) < 4.78 is 5.10. The molecule has 0 amide bonds. The maximum Gasteiger partial charge on any atom is 0.0727 e. The fraction of sp³-hybridized carbons (Fsp3) is 0. The Hall–Kier alpha value is -5.90. The Morgan fingerprint density at radius 3 is 1.49 bits per heavy atom. The first-order chi connectivity index (χ1) is 23.3. The molecule has 9 rings (SSSR count). The Balaban J connectivity index is 1.06. The number of rotatable bonds is 6. The molecule has 3 heteroatoms. The first-order valence-electron chi connectivity index (χ1n) is 15.9. The van der Waals surface area contributed by atoms with Gasteiger partial charge in [0.15, 0.2) is 0 Å². The van der Waals surface area contributed by atoms with Crippen LogP contribution in [0.4, 0.5) is 17.1 Å². The summed E-state index contributed by atoms with van der Waals surface area (Å²) in [5.41, 5.74) is 11.9.